The average molecular weight is 349 g/mol. The van der Waals surface area contributed by atoms with E-state index in [1.165, 1.54) is 0 Å². The highest BCUT2D eigenvalue weighted by Gasteiger charge is 2.15. The fourth-order valence-corrected chi connectivity index (χ4v) is 3.74. The average Bonchev–Trinajstić information content (AvgIpc) is 2.54. The molecule has 0 saturated heterocycles. The molecule has 0 N–H and O–H groups in total. The summed E-state index contributed by atoms with van der Waals surface area (Å²) in [5.41, 5.74) is 2.74. The summed E-state index contributed by atoms with van der Waals surface area (Å²) in [6.07, 6.45) is 1.77. The Hall–Kier alpha value is -1.65. The Morgan fingerprint density at radius 3 is 2.52 bits per heavy atom. The summed E-state index contributed by atoms with van der Waals surface area (Å²) in [6.45, 7) is 6.84. The van der Waals surface area contributed by atoms with Crippen molar-refractivity contribution < 1.29 is 4.21 Å². The number of hydrogen-bond donors (Lipinski definition) is 0. The molecule has 0 aliphatic carbocycles. The van der Waals surface area contributed by atoms with E-state index in [9.17, 15) is 4.21 Å². The van der Waals surface area contributed by atoms with Crippen molar-refractivity contribution in [2.24, 2.45) is 4.99 Å². The molecule has 23 heavy (non-hydrogen) atoms. The zero-order valence-electron chi connectivity index (χ0n) is 13.8. The van der Waals surface area contributed by atoms with Gasteiger partial charge in [0.05, 0.1) is 32.7 Å². The highest BCUT2D eigenvalue weighted by Crippen LogP contribution is 2.32. The summed E-state index contributed by atoms with van der Waals surface area (Å²) in [4.78, 5) is 7.84. The van der Waals surface area contributed by atoms with Crippen molar-refractivity contribution in [1.29, 1.82) is 0 Å². The highest BCUT2D eigenvalue weighted by molar-refractivity contribution is 7.85. The van der Waals surface area contributed by atoms with Crippen LogP contribution >= 0.6 is 11.6 Å². The van der Waals surface area contributed by atoms with Gasteiger partial charge >= 0.3 is 0 Å². The number of rotatable bonds is 5. The lowest BCUT2D eigenvalue weighted by Crippen LogP contribution is -2.14. The lowest BCUT2D eigenvalue weighted by Gasteiger charge is -2.11. The van der Waals surface area contributed by atoms with Crippen molar-refractivity contribution in [3.8, 4) is 0 Å². The second-order valence-electron chi connectivity index (χ2n) is 5.42. The first-order valence-corrected chi connectivity index (χ1v) is 8.98. The lowest BCUT2D eigenvalue weighted by molar-refractivity contribution is 0.552. The van der Waals surface area contributed by atoms with Crippen LogP contribution in [0.5, 0.6) is 0 Å². The largest absolute Gasteiger partial charge is 0.366 e. The van der Waals surface area contributed by atoms with Crippen molar-refractivity contribution in [3.63, 3.8) is 0 Å². The molecule has 0 aliphatic heterocycles. The molecule has 5 heteroatoms. The SMILES string of the molecule is CCN(C)C=Nc1cc(Cl)c(S(=O)c2ccccc2C)cc1C. The number of benzene rings is 2. The first kappa shape index (κ1) is 17.7. The van der Waals surface area contributed by atoms with Crippen LogP contribution in [-0.2, 0) is 10.8 Å². The first-order chi connectivity index (χ1) is 10.9. The van der Waals surface area contributed by atoms with E-state index < -0.39 is 10.8 Å². The molecule has 122 valence electrons. The third-order valence-corrected chi connectivity index (χ3v) is 5.66. The minimum absolute atomic E-state index is 0.475. The van der Waals surface area contributed by atoms with Gasteiger partial charge in [-0.1, -0.05) is 29.8 Å². The molecule has 2 aromatic rings. The number of hydrogen-bond acceptors (Lipinski definition) is 2. The molecular weight excluding hydrogens is 328 g/mol. The molecule has 2 aromatic carbocycles. The highest BCUT2D eigenvalue weighted by atomic mass is 35.5. The lowest BCUT2D eigenvalue weighted by atomic mass is 10.2. The van der Waals surface area contributed by atoms with E-state index >= 15 is 0 Å². The summed E-state index contributed by atoms with van der Waals surface area (Å²) < 4.78 is 12.8. The second kappa shape index (κ2) is 7.75. The Labute approximate surface area is 145 Å². The maximum atomic E-state index is 12.8. The summed E-state index contributed by atoms with van der Waals surface area (Å²) in [6, 6.07) is 11.3. The van der Waals surface area contributed by atoms with Crippen LogP contribution in [0.15, 0.2) is 51.2 Å². The maximum Gasteiger partial charge on any atom is 0.0909 e. The zero-order chi connectivity index (χ0) is 17.0. The third-order valence-electron chi connectivity index (χ3n) is 3.64. The summed E-state index contributed by atoms with van der Waals surface area (Å²) in [7, 11) is 0.663. The van der Waals surface area contributed by atoms with E-state index in [4.69, 9.17) is 11.6 Å². The fraction of sp³-hybridized carbons (Fsp3) is 0.278. The summed E-state index contributed by atoms with van der Waals surface area (Å²) in [5.74, 6) is 0. The molecule has 0 aliphatic rings. The Kier molecular flexibility index (Phi) is 5.97. The fourth-order valence-electron chi connectivity index (χ4n) is 2.05. The van der Waals surface area contributed by atoms with Gasteiger partial charge in [-0.2, -0.15) is 0 Å². The third kappa shape index (κ3) is 4.21. The van der Waals surface area contributed by atoms with Crippen molar-refractivity contribution in [1.82, 2.24) is 4.90 Å². The van der Waals surface area contributed by atoms with Crippen LogP contribution in [0.25, 0.3) is 0 Å². The standard InChI is InChI=1S/C18H21ClN2OS/c1-5-21(4)12-20-16-11-15(19)18(10-14(16)3)23(22)17-9-7-6-8-13(17)2/h6-12H,5H2,1-4H3. The van der Waals surface area contributed by atoms with E-state index in [1.54, 1.807) is 12.4 Å². The summed E-state index contributed by atoms with van der Waals surface area (Å²) in [5, 5.41) is 0.475. The molecule has 1 atom stereocenters. The van der Waals surface area contributed by atoms with Gasteiger partial charge in [0.1, 0.15) is 0 Å². The van der Waals surface area contributed by atoms with Gasteiger partial charge in [0, 0.05) is 18.5 Å². The van der Waals surface area contributed by atoms with Gasteiger partial charge < -0.3 is 4.90 Å². The van der Waals surface area contributed by atoms with Gasteiger partial charge in [-0.3, -0.25) is 0 Å². The predicted molar refractivity (Wildman–Crippen MR) is 98.5 cm³/mol. The van der Waals surface area contributed by atoms with Crippen LogP contribution in [0, 0.1) is 13.8 Å². The van der Waals surface area contributed by atoms with Crippen molar-refractivity contribution in [2.45, 2.75) is 30.6 Å². The van der Waals surface area contributed by atoms with Gasteiger partial charge in [0.2, 0.25) is 0 Å². The Balaban J connectivity index is 2.39. The van der Waals surface area contributed by atoms with Gasteiger partial charge in [-0.25, -0.2) is 9.20 Å². The molecule has 0 bridgehead atoms. The van der Waals surface area contributed by atoms with E-state index in [1.807, 2.05) is 56.1 Å². The number of aliphatic imine (C=N–C) groups is 1. The van der Waals surface area contributed by atoms with Crippen LogP contribution < -0.4 is 0 Å². The minimum Gasteiger partial charge on any atom is -0.366 e. The Morgan fingerprint density at radius 1 is 1.17 bits per heavy atom. The number of aryl methyl sites for hydroxylation is 2. The van der Waals surface area contributed by atoms with E-state index in [2.05, 4.69) is 11.9 Å². The molecule has 2 rings (SSSR count). The van der Waals surface area contributed by atoms with Crippen LogP contribution in [-0.4, -0.2) is 29.0 Å². The monoisotopic (exact) mass is 348 g/mol. The van der Waals surface area contributed by atoms with E-state index in [0.717, 1.165) is 28.3 Å². The van der Waals surface area contributed by atoms with E-state index in [-0.39, 0.29) is 0 Å². The van der Waals surface area contributed by atoms with Crippen molar-refractivity contribution in [3.05, 3.63) is 52.5 Å². The predicted octanol–water partition coefficient (Wildman–Crippen LogP) is 4.74. The topological polar surface area (TPSA) is 32.7 Å². The number of halogens is 1. The second-order valence-corrected chi connectivity index (χ2v) is 7.25. The molecule has 0 spiro atoms. The Morgan fingerprint density at radius 2 is 1.87 bits per heavy atom. The van der Waals surface area contributed by atoms with Gasteiger partial charge in [-0.05, 0) is 50.1 Å². The molecule has 0 amide bonds. The van der Waals surface area contributed by atoms with Crippen molar-refractivity contribution in [2.75, 3.05) is 13.6 Å². The van der Waals surface area contributed by atoms with Crippen LogP contribution in [0.4, 0.5) is 5.69 Å². The Bertz CT molecular complexity index is 759. The van der Waals surface area contributed by atoms with Crippen molar-refractivity contribution >= 4 is 34.4 Å². The molecule has 0 saturated carbocycles. The van der Waals surface area contributed by atoms with Crippen LogP contribution in [0.1, 0.15) is 18.1 Å². The maximum absolute atomic E-state index is 12.8. The minimum atomic E-state index is -1.30. The molecular formula is C18H21ClN2OS. The first-order valence-electron chi connectivity index (χ1n) is 7.46. The molecule has 0 aromatic heterocycles. The molecule has 0 radical (unpaired) electrons. The smallest absolute Gasteiger partial charge is 0.0909 e. The van der Waals surface area contributed by atoms with Gasteiger partial charge in [0.25, 0.3) is 0 Å². The number of nitrogens with zero attached hydrogens (tertiary/aromatic N) is 2. The quantitative estimate of drug-likeness (QED) is 0.577. The normalized spacial score (nSPS) is 12.6. The van der Waals surface area contributed by atoms with Crippen LogP contribution in [0.3, 0.4) is 0 Å². The molecule has 3 nitrogen and oxygen atoms in total. The molecule has 0 heterocycles. The van der Waals surface area contributed by atoms with Gasteiger partial charge in [-0.15, -0.1) is 0 Å². The van der Waals surface area contributed by atoms with E-state index in [0.29, 0.717) is 9.92 Å². The molecule has 0 fully saturated rings. The van der Waals surface area contributed by atoms with Crippen LogP contribution in [0.2, 0.25) is 5.02 Å². The summed E-state index contributed by atoms with van der Waals surface area (Å²) >= 11 is 6.37. The zero-order valence-corrected chi connectivity index (χ0v) is 15.4. The molecule has 1 unspecified atom stereocenters. The van der Waals surface area contributed by atoms with Gasteiger partial charge in [0.15, 0.2) is 0 Å².